The Bertz CT molecular complexity index is 1190. The molecule has 0 aliphatic rings. The maximum atomic E-state index is 12.8. The van der Waals surface area contributed by atoms with Gasteiger partial charge in [0.15, 0.2) is 17.1 Å². The third-order valence-corrected chi connectivity index (χ3v) is 5.37. The highest BCUT2D eigenvalue weighted by Crippen LogP contribution is 2.39. The predicted octanol–water partition coefficient (Wildman–Crippen LogP) is 3.24. The minimum Gasteiger partial charge on any atom is -0.490 e. The van der Waals surface area contributed by atoms with Gasteiger partial charge in [0.25, 0.3) is 5.91 Å². The molecule has 0 spiro atoms. The van der Waals surface area contributed by atoms with E-state index in [9.17, 15) is 9.59 Å². The molecule has 0 radical (unpaired) electrons. The number of hydrogen-bond donors (Lipinski definition) is 2. The summed E-state index contributed by atoms with van der Waals surface area (Å²) in [6.07, 6.45) is 0.639. The summed E-state index contributed by atoms with van der Waals surface area (Å²) >= 11 is 0. The van der Waals surface area contributed by atoms with E-state index in [1.807, 2.05) is 47.6 Å². The first kappa shape index (κ1) is 25.8. The molecule has 0 saturated heterocycles. The first-order chi connectivity index (χ1) is 16.8. The van der Waals surface area contributed by atoms with Crippen molar-refractivity contribution in [2.75, 3.05) is 19.8 Å². The molecule has 2 amide bonds. The van der Waals surface area contributed by atoms with Crippen molar-refractivity contribution in [2.24, 2.45) is 0 Å². The lowest BCUT2D eigenvalue weighted by Crippen LogP contribution is -2.41. The monoisotopic (exact) mass is 483 g/mol. The van der Waals surface area contributed by atoms with Crippen LogP contribution in [-0.2, 0) is 11.2 Å². The Morgan fingerprint density at radius 1 is 0.914 bits per heavy atom. The first-order valence-corrected chi connectivity index (χ1v) is 11.8. The van der Waals surface area contributed by atoms with E-state index in [1.165, 1.54) is 0 Å². The van der Waals surface area contributed by atoms with Crippen LogP contribution >= 0.6 is 0 Å². The number of hydrazine groups is 1. The fourth-order valence-corrected chi connectivity index (χ4v) is 3.82. The van der Waals surface area contributed by atoms with E-state index in [2.05, 4.69) is 20.9 Å². The van der Waals surface area contributed by atoms with Gasteiger partial charge in [-0.25, -0.2) is 9.50 Å². The van der Waals surface area contributed by atoms with E-state index in [4.69, 9.17) is 14.2 Å². The van der Waals surface area contributed by atoms with Crippen molar-refractivity contribution in [3.05, 3.63) is 46.4 Å². The molecular weight excluding hydrogens is 450 g/mol. The van der Waals surface area contributed by atoms with E-state index >= 15 is 0 Å². The fourth-order valence-electron chi connectivity index (χ4n) is 3.82. The van der Waals surface area contributed by atoms with Gasteiger partial charge in [0, 0.05) is 29.4 Å². The molecule has 10 nitrogen and oxygen atoms in total. The zero-order chi connectivity index (χ0) is 25.5. The van der Waals surface area contributed by atoms with Crippen molar-refractivity contribution in [3.8, 4) is 17.2 Å². The number of amides is 2. The molecule has 0 aliphatic carbocycles. The topological polar surface area (TPSA) is 116 Å². The lowest BCUT2D eigenvalue weighted by molar-refractivity contribution is -0.121. The summed E-state index contributed by atoms with van der Waals surface area (Å²) in [5.74, 6) is 0.431. The van der Waals surface area contributed by atoms with Gasteiger partial charge < -0.3 is 14.2 Å². The zero-order valence-corrected chi connectivity index (χ0v) is 21.2. The SMILES string of the molecule is CCOc1cc(C(=O)NNC(=O)CCc2c(C)nc3cc(C)nn3c2C)cc(OCC)c1OCC. The first-order valence-electron chi connectivity index (χ1n) is 11.8. The van der Waals surface area contributed by atoms with Crippen LogP contribution in [0.15, 0.2) is 18.2 Å². The molecule has 2 aromatic heterocycles. The quantitative estimate of drug-likeness (QED) is 0.425. The number of nitrogens with one attached hydrogen (secondary N) is 2. The molecule has 10 heteroatoms. The van der Waals surface area contributed by atoms with E-state index in [0.717, 1.165) is 28.3 Å². The van der Waals surface area contributed by atoms with Crippen LogP contribution in [0.1, 0.15) is 60.2 Å². The van der Waals surface area contributed by atoms with Crippen molar-refractivity contribution in [1.29, 1.82) is 0 Å². The standard InChI is InChI=1S/C25H33N5O5/c1-7-33-20-13-18(14-21(34-8-2)24(20)35-9-3)25(32)28-27-23(31)11-10-19-16(5)26-22-12-15(4)29-30(22)17(19)6/h12-14H,7-11H2,1-6H3,(H,27,31)(H,28,32). The summed E-state index contributed by atoms with van der Waals surface area (Å²) in [5.41, 5.74) is 9.64. The summed E-state index contributed by atoms with van der Waals surface area (Å²) in [4.78, 5) is 29.8. The van der Waals surface area contributed by atoms with Crippen LogP contribution in [-0.4, -0.2) is 46.2 Å². The Hall–Kier alpha value is -3.82. The van der Waals surface area contributed by atoms with E-state index in [0.29, 0.717) is 43.5 Å². The van der Waals surface area contributed by atoms with Crippen molar-refractivity contribution >= 4 is 17.5 Å². The van der Waals surface area contributed by atoms with Crippen LogP contribution in [0.2, 0.25) is 0 Å². The highest BCUT2D eigenvalue weighted by atomic mass is 16.5. The van der Waals surface area contributed by atoms with Gasteiger partial charge in [-0.3, -0.25) is 20.4 Å². The number of ether oxygens (including phenoxy) is 3. The molecule has 1 aromatic carbocycles. The predicted molar refractivity (Wildman–Crippen MR) is 131 cm³/mol. The number of hydrogen-bond acceptors (Lipinski definition) is 7. The summed E-state index contributed by atoms with van der Waals surface area (Å²) in [7, 11) is 0. The molecule has 188 valence electrons. The fraction of sp³-hybridized carbons (Fsp3) is 0.440. The Balaban J connectivity index is 1.67. The highest BCUT2D eigenvalue weighted by molar-refractivity contribution is 5.96. The Morgan fingerprint density at radius 2 is 1.54 bits per heavy atom. The van der Waals surface area contributed by atoms with Crippen molar-refractivity contribution in [3.63, 3.8) is 0 Å². The van der Waals surface area contributed by atoms with Crippen LogP contribution in [0.3, 0.4) is 0 Å². The van der Waals surface area contributed by atoms with Gasteiger partial charge >= 0.3 is 0 Å². The molecular formula is C25H33N5O5. The number of aromatic nitrogens is 3. The Morgan fingerprint density at radius 3 is 2.14 bits per heavy atom. The summed E-state index contributed by atoms with van der Waals surface area (Å²) < 4.78 is 18.8. The molecule has 3 rings (SSSR count). The second-order valence-electron chi connectivity index (χ2n) is 7.92. The molecule has 2 heterocycles. The number of benzene rings is 1. The van der Waals surface area contributed by atoms with Crippen LogP contribution in [0.5, 0.6) is 17.2 Å². The van der Waals surface area contributed by atoms with Gasteiger partial charge in [0.05, 0.1) is 25.5 Å². The van der Waals surface area contributed by atoms with E-state index in [1.54, 1.807) is 16.6 Å². The van der Waals surface area contributed by atoms with Gasteiger partial charge in [-0.2, -0.15) is 5.10 Å². The molecule has 0 fully saturated rings. The maximum absolute atomic E-state index is 12.8. The number of carbonyl (C=O) groups is 2. The molecule has 3 aromatic rings. The van der Waals surface area contributed by atoms with Crippen molar-refractivity contribution in [1.82, 2.24) is 25.4 Å². The van der Waals surface area contributed by atoms with Crippen LogP contribution in [0.25, 0.3) is 5.65 Å². The summed E-state index contributed by atoms with van der Waals surface area (Å²) in [6.45, 7) is 12.5. The van der Waals surface area contributed by atoms with E-state index in [-0.39, 0.29) is 17.9 Å². The van der Waals surface area contributed by atoms with Crippen LogP contribution in [0.4, 0.5) is 0 Å². The second kappa shape index (κ2) is 11.5. The molecule has 35 heavy (non-hydrogen) atoms. The number of nitrogens with zero attached hydrogens (tertiary/aromatic N) is 3. The molecule has 0 unspecified atom stereocenters. The van der Waals surface area contributed by atoms with Crippen molar-refractivity contribution < 1.29 is 23.8 Å². The minimum absolute atomic E-state index is 0.174. The third kappa shape index (κ3) is 6.00. The maximum Gasteiger partial charge on any atom is 0.269 e. The lowest BCUT2D eigenvalue weighted by Gasteiger charge is -2.17. The van der Waals surface area contributed by atoms with Gasteiger partial charge in [-0.1, -0.05) is 0 Å². The van der Waals surface area contributed by atoms with Gasteiger partial charge in [-0.15, -0.1) is 0 Å². The van der Waals surface area contributed by atoms with Crippen LogP contribution < -0.4 is 25.1 Å². The minimum atomic E-state index is -0.495. The molecule has 0 atom stereocenters. The van der Waals surface area contributed by atoms with Gasteiger partial charge in [0.1, 0.15) is 0 Å². The average Bonchev–Trinajstić information content (AvgIpc) is 3.19. The molecule has 0 aliphatic heterocycles. The van der Waals surface area contributed by atoms with Gasteiger partial charge in [0.2, 0.25) is 11.7 Å². The Labute approximate surface area is 204 Å². The number of fused-ring (bicyclic) bond motifs is 1. The molecule has 0 saturated carbocycles. The molecule has 0 bridgehead atoms. The smallest absolute Gasteiger partial charge is 0.269 e. The largest absolute Gasteiger partial charge is 0.490 e. The van der Waals surface area contributed by atoms with Crippen LogP contribution in [0, 0.1) is 20.8 Å². The van der Waals surface area contributed by atoms with Crippen molar-refractivity contribution in [2.45, 2.75) is 54.4 Å². The van der Waals surface area contributed by atoms with Gasteiger partial charge in [-0.05, 0) is 65.7 Å². The average molecular weight is 484 g/mol. The summed E-state index contributed by atoms with van der Waals surface area (Å²) in [6, 6.07) is 5.05. The normalized spacial score (nSPS) is 10.8. The zero-order valence-electron chi connectivity index (χ0n) is 21.2. The number of rotatable bonds is 10. The second-order valence-corrected chi connectivity index (χ2v) is 7.92. The van der Waals surface area contributed by atoms with E-state index < -0.39 is 5.91 Å². The Kier molecular flexibility index (Phi) is 8.51. The third-order valence-electron chi connectivity index (χ3n) is 5.37. The molecule has 2 N–H and O–H groups in total. The highest BCUT2D eigenvalue weighted by Gasteiger charge is 2.19. The lowest BCUT2D eigenvalue weighted by atomic mass is 10.1. The number of carbonyl (C=O) groups excluding carboxylic acids is 2. The number of aryl methyl sites for hydroxylation is 3. The summed E-state index contributed by atoms with van der Waals surface area (Å²) in [5, 5.41) is 4.46.